The Morgan fingerprint density at radius 3 is 2.71 bits per heavy atom. The van der Waals surface area contributed by atoms with E-state index in [0.29, 0.717) is 12.7 Å². The summed E-state index contributed by atoms with van der Waals surface area (Å²) in [5, 5.41) is 11.7. The molecule has 6 heteroatoms. The summed E-state index contributed by atoms with van der Waals surface area (Å²) in [5.74, 6) is 0. The fourth-order valence-electron chi connectivity index (χ4n) is 2.35. The zero-order valence-corrected chi connectivity index (χ0v) is 13.8. The molecule has 1 aromatic heterocycles. The fraction of sp³-hybridized carbons (Fsp3) is 0.867. The lowest BCUT2D eigenvalue weighted by atomic mass is 10.1. The highest BCUT2D eigenvalue weighted by Gasteiger charge is 2.16. The van der Waals surface area contributed by atoms with Gasteiger partial charge in [-0.05, 0) is 40.7 Å². The van der Waals surface area contributed by atoms with Gasteiger partial charge in [-0.2, -0.15) is 0 Å². The highest BCUT2D eigenvalue weighted by molar-refractivity contribution is 4.93. The maximum absolute atomic E-state index is 5.93. The molecule has 2 heterocycles. The molecule has 0 amide bonds. The molecule has 0 aromatic carbocycles. The van der Waals surface area contributed by atoms with Gasteiger partial charge < -0.3 is 15.0 Å². The van der Waals surface area contributed by atoms with Gasteiger partial charge in [-0.15, -0.1) is 5.10 Å². The Morgan fingerprint density at radius 1 is 1.33 bits per heavy atom. The van der Waals surface area contributed by atoms with Crippen molar-refractivity contribution in [3.05, 3.63) is 11.9 Å². The van der Waals surface area contributed by atoms with E-state index in [2.05, 4.69) is 48.3 Å². The van der Waals surface area contributed by atoms with Crippen LogP contribution in [0, 0.1) is 0 Å². The minimum absolute atomic E-state index is 0.0982. The molecule has 120 valence electrons. The number of nitrogens with zero attached hydrogens (tertiary/aromatic N) is 4. The monoisotopic (exact) mass is 295 g/mol. The van der Waals surface area contributed by atoms with Crippen molar-refractivity contribution in [1.29, 1.82) is 0 Å². The van der Waals surface area contributed by atoms with Crippen molar-refractivity contribution in [3.8, 4) is 0 Å². The van der Waals surface area contributed by atoms with Gasteiger partial charge in [0.2, 0.25) is 0 Å². The van der Waals surface area contributed by atoms with Gasteiger partial charge in [0.05, 0.1) is 24.9 Å². The summed E-state index contributed by atoms with van der Waals surface area (Å²) in [6.45, 7) is 10.9. The standard InChI is InChI=1S/C15H29N5O/c1-15(2,3)16-11-13-12-20(18-17-13)9-10-21-14-5-7-19(4)8-6-14/h12,14,16H,5-11H2,1-4H3. The number of piperidine rings is 1. The maximum Gasteiger partial charge on any atom is 0.0965 e. The van der Waals surface area contributed by atoms with E-state index in [0.717, 1.165) is 44.7 Å². The molecule has 1 aliphatic heterocycles. The van der Waals surface area contributed by atoms with Crippen LogP contribution >= 0.6 is 0 Å². The Balaban J connectivity index is 1.66. The number of ether oxygens (including phenoxy) is 1. The van der Waals surface area contributed by atoms with E-state index in [1.165, 1.54) is 0 Å². The number of hydrogen-bond acceptors (Lipinski definition) is 5. The second kappa shape index (κ2) is 7.33. The van der Waals surface area contributed by atoms with Crippen LogP contribution in [0.5, 0.6) is 0 Å². The summed E-state index contributed by atoms with van der Waals surface area (Å²) in [5.41, 5.74) is 1.07. The van der Waals surface area contributed by atoms with Gasteiger partial charge in [-0.1, -0.05) is 5.21 Å². The number of rotatable bonds is 6. The van der Waals surface area contributed by atoms with Crippen LogP contribution in [-0.4, -0.2) is 58.3 Å². The average Bonchev–Trinajstić information content (AvgIpc) is 2.86. The van der Waals surface area contributed by atoms with E-state index in [9.17, 15) is 0 Å². The molecule has 0 aliphatic carbocycles. The molecule has 1 aliphatic rings. The average molecular weight is 295 g/mol. The third kappa shape index (κ3) is 6.11. The molecule has 0 unspecified atom stereocenters. The zero-order valence-electron chi connectivity index (χ0n) is 13.8. The molecule has 1 N–H and O–H groups in total. The Bertz CT molecular complexity index is 418. The molecule has 2 rings (SSSR count). The van der Waals surface area contributed by atoms with E-state index >= 15 is 0 Å². The highest BCUT2D eigenvalue weighted by atomic mass is 16.5. The summed E-state index contributed by atoms with van der Waals surface area (Å²) in [6, 6.07) is 0. The van der Waals surface area contributed by atoms with Crippen molar-refractivity contribution in [2.24, 2.45) is 0 Å². The quantitative estimate of drug-likeness (QED) is 0.857. The predicted molar refractivity (Wildman–Crippen MR) is 83.1 cm³/mol. The number of likely N-dealkylation sites (tertiary alicyclic amines) is 1. The molecular weight excluding hydrogens is 266 g/mol. The Labute approximate surface area is 127 Å². The van der Waals surface area contributed by atoms with Crippen molar-refractivity contribution in [3.63, 3.8) is 0 Å². The smallest absolute Gasteiger partial charge is 0.0965 e. The van der Waals surface area contributed by atoms with Crippen LogP contribution in [0.1, 0.15) is 39.3 Å². The lowest BCUT2D eigenvalue weighted by Crippen LogP contribution is -2.35. The van der Waals surface area contributed by atoms with Crippen molar-refractivity contribution in [2.45, 2.75) is 58.3 Å². The van der Waals surface area contributed by atoms with Crippen molar-refractivity contribution in [2.75, 3.05) is 26.7 Å². The van der Waals surface area contributed by atoms with E-state index in [-0.39, 0.29) is 5.54 Å². The Hall–Kier alpha value is -0.980. The van der Waals surface area contributed by atoms with E-state index in [1.54, 1.807) is 0 Å². The maximum atomic E-state index is 5.93. The van der Waals surface area contributed by atoms with Crippen molar-refractivity contribution >= 4 is 0 Å². The summed E-state index contributed by atoms with van der Waals surface area (Å²) < 4.78 is 7.80. The Morgan fingerprint density at radius 2 is 2.05 bits per heavy atom. The molecule has 1 saturated heterocycles. The molecule has 0 spiro atoms. The van der Waals surface area contributed by atoms with Gasteiger partial charge in [-0.25, -0.2) is 4.68 Å². The van der Waals surface area contributed by atoms with Crippen molar-refractivity contribution in [1.82, 2.24) is 25.2 Å². The van der Waals surface area contributed by atoms with Crippen molar-refractivity contribution < 1.29 is 4.74 Å². The third-order valence-electron chi connectivity index (χ3n) is 3.73. The lowest BCUT2D eigenvalue weighted by Gasteiger charge is -2.28. The summed E-state index contributed by atoms with van der Waals surface area (Å²) >= 11 is 0. The molecule has 1 aromatic rings. The number of aromatic nitrogens is 3. The Kier molecular flexibility index (Phi) is 5.72. The lowest BCUT2D eigenvalue weighted by molar-refractivity contribution is 0.00770. The number of hydrogen-bond donors (Lipinski definition) is 1. The second-order valence-electron chi connectivity index (χ2n) is 6.95. The van der Waals surface area contributed by atoms with Gasteiger partial charge in [0.25, 0.3) is 0 Å². The van der Waals surface area contributed by atoms with Crippen LogP contribution in [0.4, 0.5) is 0 Å². The van der Waals surface area contributed by atoms with Crippen LogP contribution in [0.15, 0.2) is 6.20 Å². The summed E-state index contributed by atoms with van der Waals surface area (Å²) in [6.07, 6.45) is 4.67. The second-order valence-corrected chi connectivity index (χ2v) is 6.95. The van der Waals surface area contributed by atoms with Crippen LogP contribution in [-0.2, 0) is 17.8 Å². The molecule has 0 atom stereocenters. The van der Waals surface area contributed by atoms with E-state index in [4.69, 9.17) is 4.74 Å². The van der Waals surface area contributed by atoms with E-state index in [1.807, 2.05) is 10.9 Å². The van der Waals surface area contributed by atoms with Gasteiger partial charge in [0.1, 0.15) is 0 Å². The van der Waals surface area contributed by atoms with Gasteiger partial charge >= 0.3 is 0 Å². The SMILES string of the molecule is CN1CCC(OCCn2cc(CNC(C)(C)C)nn2)CC1. The fourth-order valence-corrected chi connectivity index (χ4v) is 2.35. The summed E-state index contributed by atoms with van der Waals surface area (Å²) in [7, 11) is 2.17. The first kappa shape index (κ1) is 16.4. The summed E-state index contributed by atoms with van der Waals surface area (Å²) in [4.78, 5) is 2.35. The van der Waals surface area contributed by atoms with Gasteiger partial charge in [0, 0.05) is 31.4 Å². The molecule has 6 nitrogen and oxygen atoms in total. The molecular formula is C15H29N5O. The van der Waals surface area contributed by atoms with Gasteiger partial charge in [-0.3, -0.25) is 0 Å². The van der Waals surface area contributed by atoms with Gasteiger partial charge in [0.15, 0.2) is 0 Å². The van der Waals surface area contributed by atoms with Crippen LogP contribution < -0.4 is 5.32 Å². The van der Waals surface area contributed by atoms with Crippen LogP contribution in [0.3, 0.4) is 0 Å². The topological polar surface area (TPSA) is 55.2 Å². The predicted octanol–water partition coefficient (Wildman–Crippen LogP) is 1.28. The molecule has 0 saturated carbocycles. The van der Waals surface area contributed by atoms with Crippen LogP contribution in [0.25, 0.3) is 0 Å². The largest absolute Gasteiger partial charge is 0.376 e. The van der Waals surface area contributed by atoms with E-state index < -0.39 is 0 Å². The molecule has 0 radical (unpaired) electrons. The first-order valence-corrected chi connectivity index (χ1v) is 7.86. The zero-order chi connectivity index (χ0) is 15.3. The minimum Gasteiger partial charge on any atom is -0.376 e. The first-order chi connectivity index (χ1) is 9.92. The number of nitrogens with one attached hydrogen (secondary N) is 1. The molecule has 1 fully saturated rings. The third-order valence-corrected chi connectivity index (χ3v) is 3.73. The van der Waals surface area contributed by atoms with Crippen LogP contribution in [0.2, 0.25) is 0 Å². The minimum atomic E-state index is 0.0982. The normalized spacial score (nSPS) is 18.3. The molecule has 21 heavy (non-hydrogen) atoms. The molecule has 0 bridgehead atoms. The highest BCUT2D eigenvalue weighted by Crippen LogP contribution is 2.12. The first-order valence-electron chi connectivity index (χ1n) is 7.86.